The maximum Gasteiger partial charge on any atom is 0.408 e. The standard InChI is InChI=1S/C18H26N8O2/c1-18(6-7-18)26(17(27)28)12-5-4-11(8-12)13-9-14(23-22-13)20-15-10-19-24-16(21-15)25(2)3/h9-12H,4-8H2,1-3H3,(H,27,28)(H2,20,21,22,23,24)/t11-,12+/m0/s1. The van der Waals surface area contributed by atoms with Gasteiger partial charge in [-0.3, -0.25) is 10.00 Å². The highest BCUT2D eigenvalue weighted by atomic mass is 16.4. The maximum absolute atomic E-state index is 11.8. The van der Waals surface area contributed by atoms with E-state index < -0.39 is 6.09 Å². The summed E-state index contributed by atoms with van der Waals surface area (Å²) < 4.78 is 0. The number of carboxylic acid groups (broad SMARTS) is 1. The fourth-order valence-electron chi connectivity index (χ4n) is 4.01. The number of anilines is 3. The van der Waals surface area contributed by atoms with Crippen LogP contribution in [-0.2, 0) is 0 Å². The molecular weight excluding hydrogens is 360 g/mol. The van der Waals surface area contributed by atoms with E-state index in [0.29, 0.717) is 17.6 Å². The second-order valence-corrected chi connectivity index (χ2v) is 8.18. The van der Waals surface area contributed by atoms with Crippen molar-refractivity contribution in [2.45, 2.75) is 56.5 Å². The molecule has 2 atom stereocenters. The third-order valence-corrected chi connectivity index (χ3v) is 5.77. The van der Waals surface area contributed by atoms with E-state index in [1.807, 2.05) is 27.1 Å². The van der Waals surface area contributed by atoms with Crippen molar-refractivity contribution in [1.82, 2.24) is 30.3 Å². The zero-order valence-electron chi connectivity index (χ0n) is 16.4. The second-order valence-electron chi connectivity index (χ2n) is 8.18. The highest BCUT2D eigenvalue weighted by Gasteiger charge is 2.50. The first kappa shape index (κ1) is 18.5. The van der Waals surface area contributed by atoms with Crippen LogP contribution in [0.2, 0.25) is 0 Å². The van der Waals surface area contributed by atoms with Gasteiger partial charge in [0.2, 0.25) is 5.95 Å². The summed E-state index contributed by atoms with van der Waals surface area (Å²) in [6, 6.07) is 2.04. The highest BCUT2D eigenvalue weighted by Crippen LogP contribution is 2.47. The van der Waals surface area contributed by atoms with Gasteiger partial charge in [0.1, 0.15) is 0 Å². The monoisotopic (exact) mass is 386 g/mol. The normalized spacial score (nSPS) is 22.7. The quantitative estimate of drug-likeness (QED) is 0.692. The summed E-state index contributed by atoms with van der Waals surface area (Å²) in [7, 11) is 3.71. The SMILES string of the molecule is CN(C)c1nncc(Nc2cc([C@H]3CC[C@@H](N(C(=O)O)C4(C)CC4)C3)[nH]n2)n1. The zero-order chi connectivity index (χ0) is 19.9. The molecule has 2 aromatic heterocycles. The van der Waals surface area contributed by atoms with Crippen molar-refractivity contribution >= 4 is 23.7 Å². The van der Waals surface area contributed by atoms with Crippen LogP contribution in [0.1, 0.15) is 50.6 Å². The molecule has 2 saturated carbocycles. The van der Waals surface area contributed by atoms with E-state index in [-0.39, 0.29) is 17.5 Å². The predicted molar refractivity (Wildman–Crippen MR) is 104 cm³/mol. The summed E-state index contributed by atoms with van der Waals surface area (Å²) >= 11 is 0. The maximum atomic E-state index is 11.8. The van der Waals surface area contributed by atoms with Crippen molar-refractivity contribution in [2.75, 3.05) is 24.3 Å². The van der Waals surface area contributed by atoms with E-state index in [1.165, 1.54) is 0 Å². The molecule has 28 heavy (non-hydrogen) atoms. The number of nitrogens with zero attached hydrogens (tertiary/aromatic N) is 6. The number of carbonyl (C=O) groups is 1. The summed E-state index contributed by atoms with van der Waals surface area (Å²) in [5.41, 5.74) is 0.849. The molecule has 2 fully saturated rings. The Morgan fingerprint density at radius 3 is 2.79 bits per heavy atom. The van der Waals surface area contributed by atoms with E-state index in [2.05, 4.69) is 30.7 Å². The van der Waals surface area contributed by atoms with Crippen LogP contribution in [0.4, 0.5) is 22.4 Å². The van der Waals surface area contributed by atoms with Crippen molar-refractivity contribution in [2.24, 2.45) is 0 Å². The Bertz CT molecular complexity index is 863. The Balaban J connectivity index is 1.42. The zero-order valence-corrected chi connectivity index (χ0v) is 16.4. The summed E-state index contributed by atoms with van der Waals surface area (Å²) in [6.45, 7) is 2.05. The first-order chi connectivity index (χ1) is 13.4. The number of hydrogen-bond donors (Lipinski definition) is 3. The number of hydrogen-bond acceptors (Lipinski definition) is 7. The van der Waals surface area contributed by atoms with Crippen LogP contribution in [0.3, 0.4) is 0 Å². The Morgan fingerprint density at radius 1 is 1.32 bits per heavy atom. The average Bonchev–Trinajstić information content (AvgIpc) is 3.04. The summed E-state index contributed by atoms with van der Waals surface area (Å²) in [5, 5.41) is 28.1. The van der Waals surface area contributed by atoms with Gasteiger partial charge in [-0.1, -0.05) is 0 Å². The lowest BCUT2D eigenvalue weighted by Crippen LogP contribution is -2.45. The molecular formula is C18H26N8O2. The largest absolute Gasteiger partial charge is 0.465 e. The summed E-state index contributed by atoms with van der Waals surface area (Å²) in [4.78, 5) is 19.6. The van der Waals surface area contributed by atoms with Gasteiger partial charge in [0.15, 0.2) is 11.6 Å². The molecule has 150 valence electrons. The van der Waals surface area contributed by atoms with Crippen LogP contribution in [-0.4, -0.2) is 67.2 Å². The van der Waals surface area contributed by atoms with Gasteiger partial charge >= 0.3 is 6.09 Å². The highest BCUT2D eigenvalue weighted by molar-refractivity contribution is 5.67. The average molecular weight is 386 g/mol. The molecule has 4 rings (SSSR count). The van der Waals surface area contributed by atoms with Crippen LogP contribution in [0, 0.1) is 0 Å². The lowest BCUT2D eigenvalue weighted by atomic mass is 10.0. The van der Waals surface area contributed by atoms with Gasteiger partial charge in [-0.05, 0) is 39.0 Å². The van der Waals surface area contributed by atoms with Crippen molar-refractivity contribution in [3.8, 4) is 0 Å². The van der Waals surface area contributed by atoms with E-state index in [1.54, 1.807) is 16.0 Å². The Kier molecular flexibility index (Phi) is 4.56. The molecule has 2 heterocycles. The topological polar surface area (TPSA) is 123 Å². The molecule has 2 aliphatic rings. The number of H-pyrrole nitrogens is 1. The van der Waals surface area contributed by atoms with Gasteiger partial charge in [-0.25, -0.2) is 4.79 Å². The van der Waals surface area contributed by atoms with Gasteiger partial charge in [0.25, 0.3) is 0 Å². The van der Waals surface area contributed by atoms with E-state index in [4.69, 9.17) is 0 Å². The van der Waals surface area contributed by atoms with Crippen LogP contribution in [0.25, 0.3) is 0 Å². The molecule has 2 aromatic rings. The van der Waals surface area contributed by atoms with E-state index in [0.717, 1.165) is 37.8 Å². The molecule has 0 aromatic carbocycles. The van der Waals surface area contributed by atoms with Gasteiger partial charge in [0, 0.05) is 43.4 Å². The molecule has 0 saturated heterocycles. The third-order valence-electron chi connectivity index (χ3n) is 5.77. The minimum Gasteiger partial charge on any atom is -0.465 e. The number of aromatic nitrogens is 5. The minimum atomic E-state index is -0.800. The first-order valence-electron chi connectivity index (χ1n) is 9.57. The van der Waals surface area contributed by atoms with Crippen LogP contribution in [0.5, 0.6) is 0 Å². The number of aromatic amines is 1. The lowest BCUT2D eigenvalue weighted by Gasteiger charge is -2.32. The van der Waals surface area contributed by atoms with Crippen LogP contribution < -0.4 is 10.2 Å². The van der Waals surface area contributed by atoms with Crippen molar-refractivity contribution < 1.29 is 9.90 Å². The molecule has 0 bridgehead atoms. The smallest absolute Gasteiger partial charge is 0.408 e. The first-order valence-corrected chi connectivity index (χ1v) is 9.57. The molecule has 10 heteroatoms. The van der Waals surface area contributed by atoms with Crippen molar-refractivity contribution in [3.05, 3.63) is 18.0 Å². The number of rotatable bonds is 6. The van der Waals surface area contributed by atoms with Crippen LogP contribution >= 0.6 is 0 Å². The number of nitrogens with one attached hydrogen (secondary N) is 2. The fourth-order valence-corrected chi connectivity index (χ4v) is 4.01. The molecule has 0 unspecified atom stereocenters. The number of amides is 1. The third kappa shape index (κ3) is 3.58. The Hall–Kier alpha value is -2.91. The van der Waals surface area contributed by atoms with Crippen LogP contribution in [0.15, 0.2) is 12.3 Å². The van der Waals surface area contributed by atoms with Crippen molar-refractivity contribution in [3.63, 3.8) is 0 Å². The molecule has 1 amide bonds. The lowest BCUT2D eigenvalue weighted by molar-refractivity contribution is 0.0955. The fraction of sp³-hybridized carbons (Fsp3) is 0.611. The van der Waals surface area contributed by atoms with Crippen molar-refractivity contribution in [1.29, 1.82) is 0 Å². The Morgan fingerprint density at radius 2 is 2.11 bits per heavy atom. The molecule has 2 aliphatic carbocycles. The van der Waals surface area contributed by atoms with Gasteiger partial charge in [0.05, 0.1) is 6.20 Å². The second kappa shape index (κ2) is 6.92. The van der Waals surface area contributed by atoms with E-state index in [9.17, 15) is 9.90 Å². The molecule has 0 aliphatic heterocycles. The molecule has 0 spiro atoms. The molecule has 3 N–H and O–H groups in total. The molecule has 10 nitrogen and oxygen atoms in total. The Labute approximate surface area is 163 Å². The predicted octanol–water partition coefficient (Wildman–Crippen LogP) is 2.57. The molecule has 0 radical (unpaired) electrons. The van der Waals surface area contributed by atoms with Gasteiger partial charge < -0.3 is 15.3 Å². The summed E-state index contributed by atoms with van der Waals surface area (Å²) in [5.74, 6) is 2.02. The van der Waals surface area contributed by atoms with E-state index >= 15 is 0 Å². The minimum absolute atomic E-state index is 0.0726. The van der Waals surface area contributed by atoms with Gasteiger partial charge in [-0.15, -0.1) is 5.10 Å². The van der Waals surface area contributed by atoms with Gasteiger partial charge in [-0.2, -0.15) is 15.2 Å². The summed E-state index contributed by atoms with van der Waals surface area (Å²) in [6.07, 6.45) is 5.33.